The first-order valence-corrected chi connectivity index (χ1v) is 3.98. The molecule has 0 aliphatic heterocycles. The first kappa shape index (κ1) is 12.5. The van der Waals surface area contributed by atoms with E-state index in [9.17, 15) is 26.7 Å². The second-order valence-electron chi connectivity index (χ2n) is 3.17. The third kappa shape index (κ3) is 1.86. The zero-order chi connectivity index (χ0) is 12.7. The van der Waals surface area contributed by atoms with E-state index in [0.717, 1.165) is 7.05 Å². The molecular formula is C8H7F5N2O. The molecule has 0 fully saturated rings. The molecular weight excluding hydrogens is 235 g/mol. The van der Waals surface area contributed by atoms with E-state index >= 15 is 0 Å². The van der Waals surface area contributed by atoms with E-state index in [1.807, 2.05) is 0 Å². The van der Waals surface area contributed by atoms with Crippen LogP contribution in [0.3, 0.4) is 0 Å². The number of nitrogens with two attached hydrogens (primary N) is 1. The highest BCUT2D eigenvalue weighted by Crippen LogP contribution is 2.43. The maximum atomic E-state index is 12.9. The Kier molecular flexibility index (Phi) is 2.70. The molecule has 1 rings (SSSR count). The zero-order valence-electron chi connectivity index (χ0n) is 7.98. The Labute approximate surface area is 86.3 Å². The van der Waals surface area contributed by atoms with Gasteiger partial charge in [0.15, 0.2) is 0 Å². The summed E-state index contributed by atoms with van der Waals surface area (Å²) in [7, 11) is 1.04. The normalized spacial score (nSPS) is 12.9. The minimum absolute atomic E-state index is 0.329. The van der Waals surface area contributed by atoms with Gasteiger partial charge >= 0.3 is 12.1 Å². The van der Waals surface area contributed by atoms with Gasteiger partial charge in [0, 0.05) is 18.8 Å². The summed E-state index contributed by atoms with van der Waals surface area (Å²) in [5.74, 6) is -5.04. The molecule has 3 nitrogen and oxygen atoms in total. The van der Waals surface area contributed by atoms with E-state index < -0.39 is 28.9 Å². The van der Waals surface area contributed by atoms with Gasteiger partial charge in [-0.25, -0.2) is 0 Å². The molecule has 0 amide bonds. The van der Waals surface area contributed by atoms with Crippen molar-refractivity contribution < 1.29 is 22.0 Å². The van der Waals surface area contributed by atoms with Gasteiger partial charge in [-0.1, -0.05) is 0 Å². The van der Waals surface area contributed by atoms with Gasteiger partial charge in [-0.05, 0) is 6.07 Å². The zero-order valence-corrected chi connectivity index (χ0v) is 7.98. The van der Waals surface area contributed by atoms with Gasteiger partial charge in [0.05, 0.1) is 5.69 Å². The van der Waals surface area contributed by atoms with Crippen molar-refractivity contribution >= 4 is 5.69 Å². The topological polar surface area (TPSA) is 48.0 Å². The lowest BCUT2D eigenvalue weighted by Crippen LogP contribution is -2.35. The van der Waals surface area contributed by atoms with Crippen LogP contribution in [0.15, 0.2) is 17.1 Å². The fraction of sp³-hybridized carbons (Fsp3) is 0.375. The molecule has 2 N–H and O–H groups in total. The molecule has 0 radical (unpaired) electrons. The van der Waals surface area contributed by atoms with Crippen molar-refractivity contribution in [3.8, 4) is 0 Å². The molecule has 0 atom stereocenters. The summed E-state index contributed by atoms with van der Waals surface area (Å²) < 4.78 is 62.3. The number of hydrogen-bond donors (Lipinski definition) is 1. The van der Waals surface area contributed by atoms with Crippen LogP contribution < -0.4 is 11.3 Å². The highest BCUT2D eigenvalue weighted by molar-refractivity contribution is 5.39. The van der Waals surface area contributed by atoms with E-state index in [-0.39, 0.29) is 0 Å². The Balaban J connectivity index is 3.41. The van der Waals surface area contributed by atoms with Crippen LogP contribution in [0.1, 0.15) is 5.56 Å². The molecule has 16 heavy (non-hydrogen) atoms. The smallest absolute Gasteiger partial charge is 0.394 e. The molecule has 0 aliphatic rings. The van der Waals surface area contributed by atoms with E-state index in [0.29, 0.717) is 16.8 Å². The molecule has 0 bridgehead atoms. The van der Waals surface area contributed by atoms with Crippen molar-refractivity contribution in [3.05, 3.63) is 28.2 Å². The highest BCUT2D eigenvalue weighted by Gasteiger charge is 2.59. The molecule has 0 unspecified atom stereocenters. The van der Waals surface area contributed by atoms with Gasteiger partial charge < -0.3 is 10.3 Å². The van der Waals surface area contributed by atoms with Gasteiger partial charge in [0.25, 0.3) is 5.56 Å². The van der Waals surface area contributed by atoms with E-state index in [4.69, 9.17) is 5.73 Å². The van der Waals surface area contributed by atoms with Gasteiger partial charge in [-0.15, -0.1) is 0 Å². The largest absolute Gasteiger partial charge is 0.458 e. The molecule has 8 heteroatoms. The average molecular weight is 242 g/mol. The second kappa shape index (κ2) is 3.46. The van der Waals surface area contributed by atoms with Crippen LogP contribution in [0.25, 0.3) is 0 Å². The number of aryl methyl sites for hydroxylation is 1. The maximum Gasteiger partial charge on any atom is 0.458 e. The summed E-state index contributed by atoms with van der Waals surface area (Å²) in [6.45, 7) is 0. The Hall–Kier alpha value is -1.60. The summed E-state index contributed by atoms with van der Waals surface area (Å²) >= 11 is 0. The maximum absolute atomic E-state index is 12.9. The van der Waals surface area contributed by atoms with Crippen molar-refractivity contribution in [3.63, 3.8) is 0 Å². The molecule has 0 aromatic carbocycles. The van der Waals surface area contributed by atoms with Crippen molar-refractivity contribution in [2.24, 2.45) is 7.05 Å². The summed E-state index contributed by atoms with van der Waals surface area (Å²) in [4.78, 5) is 11.0. The monoisotopic (exact) mass is 242 g/mol. The Morgan fingerprint density at radius 3 is 2.12 bits per heavy atom. The van der Waals surface area contributed by atoms with Crippen LogP contribution in [0.2, 0.25) is 0 Å². The number of nitrogens with zero attached hydrogens (tertiary/aromatic N) is 1. The molecule has 1 heterocycles. The van der Waals surface area contributed by atoms with Crippen LogP contribution in [-0.2, 0) is 13.0 Å². The molecule has 0 aliphatic carbocycles. The van der Waals surface area contributed by atoms with E-state index in [1.54, 1.807) is 0 Å². The molecule has 90 valence electrons. The van der Waals surface area contributed by atoms with Gasteiger partial charge in [-0.3, -0.25) is 4.79 Å². The highest BCUT2D eigenvalue weighted by atomic mass is 19.4. The van der Waals surface area contributed by atoms with Crippen LogP contribution in [0.4, 0.5) is 27.6 Å². The number of rotatable bonds is 1. The Morgan fingerprint density at radius 2 is 1.75 bits per heavy atom. The van der Waals surface area contributed by atoms with Crippen LogP contribution in [-0.4, -0.2) is 10.7 Å². The Morgan fingerprint density at radius 1 is 1.25 bits per heavy atom. The van der Waals surface area contributed by atoms with E-state index in [1.165, 1.54) is 0 Å². The predicted octanol–water partition coefficient (Wildman–Crippen LogP) is 1.62. The van der Waals surface area contributed by atoms with Crippen LogP contribution in [0, 0.1) is 0 Å². The number of pyridine rings is 1. The standard InChI is InChI=1S/C8H7F5N2O/c1-15-3-4(2-5(14)6(15)16)7(9,10)8(11,12)13/h2-3H,14H2,1H3. The van der Waals surface area contributed by atoms with E-state index in [2.05, 4.69) is 0 Å². The number of anilines is 1. The number of aromatic nitrogens is 1. The van der Waals surface area contributed by atoms with Gasteiger partial charge in [-0.2, -0.15) is 22.0 Å². The van der Waals surface area contributed by atoms with Crippen molar-refractivity contribution in [1.82, 2.24) is 4.57 Å². The quantitative estimate of drug-likeness (QED) is 0.761. The lowest BCUT2D eigenvalue weighted by Gasteiger charge is -2.20. The van der Waals surface area contributed by atoms with Crippen LogP contribution in [0.5, 0.6) is 0 Å². The van der Waals surface area contributed by atoms with Crippen LogP contribution >= 0.6 is 0 Å². The Bertz CT molecular complexity index is 436. The number of halogens is 5. The summed E-state index contributed by atoms with van der Waals surface area (Å²) in [6, 6.07) is 0.329. The first-order valence-electron chi connectivity index (χ1n) is 3.98. The average Bonchev–Trinajstić information content (AvgIpc) is 2.11. The summed E-state index contributed by atoms with van der Waals surface area (Å²) in [5.41, 5.74) is 2.17. The molecule has 1 aromatic rings. The lowest BCUT2D eigenvalue weighted by atomic mass is 10.1. The lowest BCUT2D eigenvalue weighted by molar-refractivity contribution is -0.289. The van der Waals surface area contributed by atoms with Crippen molar-refractivity contribution in [1.29, 1.82) is 0 Å². The third-order valence-corrected chi connectivity index (χ3v) is 1.93. The fourth-order valence-corrected chi connectivity index (χ4v) is 1.07. The summed E-state index contributed by atoms with van der Waals surface area (Å²) in [5, 5.41) is 0. The fourth-order valence-electron chi connectivity index (χ4n) is 1.07. The number of hydrogen-bond acceptors (Lipinski definition) is 2. The first-order chi connectivity index (χ1) is 7.07. The SMILES string of the molecule is Cn1cc(C(F)(F)C(F)(F)F)cc(N)c1=O. The minimum atomic E-state index is -5.73. The predicted molar refractivity (Wildman–Crippen MR) is 46.0 cm³/mol. The molecule has 0 saturated carbocycles. The number of alkyl halides is 5. The molecule has 0 saturated heterocycles. The third-order valence-electron chi connectivity index (χ3n) is 1.93. The second-order valence-corrected chi connectivity index (χ2v) is 3.17. The molecule has 1 aromatic heterocycles. The number of nitrogen functional groups attached to an aromatic ring is 1. The van der Waals surface area contributed by atoms with Gasteiger partial charge in [0.1, 0.15) is 0 Å². The van der Waals surface area contributed by atoms with Crippen molar-refractivity contribution in [2.75, 3.05) is 5.73 Å². The summed E-state index contributed by atoms with van der Waals surface area (Å²) in [6.07, 6.45) is -5.32. The molecule has 0 spiro atoms. The van der Waals surface area contributed by atoms with Crippen molar-refractivity contribution in [2.45, 2.75) is 12.1 Å². The van der Waals surface area contributed by atoms with Gasteiger partial charge in [0.2, 0.25) is 0 Å². The minimum Gasteiger partial charge on any atom is -0.394 e.